The van der Waals surface area contributed by atoms with E-state index >= 15 is 0 Å². The lowest BCUT2D eigenvalue weighted by atomic mass is 9.79. The Morgan fingerprint density at radius 1 is 1.32 bits per heavy atom. The van der Waals surface area contributed by atoms with Crippen LogP contribution in [0.15, 0.2) is 31.0 Å². The van der Waals surface area contributed by atoms with E-state index in [1.807, 2.05) is 11.1 Å². The van der Waals surface area contributed by atoms with E-state index < -0.39 is 0 Å². The van der Waals surface area contributed by atoms with Gasteiger partial charge in [-0.1, -0.05) is 12.6 Å². The summed E-state index contributed by atoms with van der Waals surface area (Å²) >= 11 is 0. The maximum absolute atomic E-state index is 12.0. The van der Waals surface area contributed by atoms with E-state index in [-0.39, 0.29) is 11.3 Å². The number of likely N-dealkylation sites (tertiary alicyclic amines) is 1. The van der Waals surface area contributed by atoms with Crippen LogP contribution in [0.25, 0.3) is 22.0 Å². The van der Waals surface area contributed by atoms with Crippen LogP contribution in [0.1, 0.15) is 41.1 Å². The van der Waals surface area contributed by atoms with Gasteiger partial charge in [0, 0.05) is 48.5 Å². The molecule has 4 heterocycles. The monoisotopic (exact) mass is 450 g/mol. The molecule has 0 unspecified atom stereocenters. The second-order valence-electron chi connectivity index (χ2n) is 10.6. The summed E-state index contributed by atoms with van der Waals surface area (Å²) in [6.45, 7) is 8.94. The third-order valence-electron chi connectivity index (χ3n) is 8.52. The van der Waals surface area contributed by atoms with Gasteiger partial charge >= 0.3 is 0 Å². The maximum Gasteiger partial charge on any atom is 0.245 e. The zero-order chi connectivity index (χ0) is 23.2. The zero-order valence-corrected chi connectivity index (χ0v) is 19.3. The first-order valence-corrected chi connectivity index (χ1v) is 12.1. The van der Waals surface area contributed by atoms with Crippen LogP contribution in [0.3, 0.4) is 0 Å². The van der Waals surface area contributed by atoms with Gasteiger partial charge in [0.25, 0.3) is 0 Å². The van der Waals surface area contributed by atoms with Crippen LogP contribution >= 0.6 is 0 Å². The van der Waals surface area contributed by atoms with Crippen LogP contribution in [0, 0.1) is 29.6 Å². The van der Waals surface area contributed by atoms with Gasteiger partial charge in [0.1, 0.15) is 17.5 Å². The van der Waals surface area contributed by atoms with Crippen molar-refractivity contribution in [1.82, 2.24) is 20.1 Å². The molecule has 3 aromatic rings. The highest BCUT2D eigenvalue weighted by molar-refractivity contribution is 6.00. The second-order valence-corrected chi connectivity index (χ2v) is 10.6. The number of H-pyrrole nitrogens is 1. The van der Waals surface area contributed by atoms with Crippen molar-refractivity contribution < 1.29 is 4.79 Å². The molecule has 1 spiro atoms. The number of fused-ring (bicyclic) bond motifs is 4. The van der Waals surface area contributed by atoms with Crippen molar-refractivity contribution in [3.05, 3.63) is 53.4 Å². The molecule has 7 rings (SSSR count). The zero-order valence-electron chi connectivity index (χ0n) is 19.3. The Bertz CT molecular complexity index is 1440. The number of anilines is 1. The van der Waals surface area contributed by atoms with Crippen molar-refractivity contribution >= 4 is 22.6 Å². The van der Waals surface area contributed by atoms with Crippen molar-refractivity contribution in [3.63, 3.8) is 0 Å². The Balaban J connectivity index is 1.36. The summed E-state index contributed by atoms with van der Waals surface area (Å²) in [7, 11) is 0. The summed E-state index contributed by atoms with van der Waals surface area (Å²) in [5, 5.41) is 18.9. The molecule has 7 heteroatoms. The average molecular weight is 451 g/mol. The van der Waals surface area contributed by atoms with Crippen LogP contribution < -0.4 is 4.90 Å². The first-order chi connectivity index (χ1) is 16.5. The van der Waals surface area contributed by atoms with Crippen LogP contribution in [0.2, 0.25) is 0 Å². The Hall–Kier alpha value is -3.66. The summed E-state index contributed by atoms with van der Waals surface area (Å²) in [4.78, 5) is 21.4. The standard InChI is InChI=1S/C27H26N6O/c1-3-22(34)33-13-27(14-33)6-7-32(12-27)26-19(10-28)24(18-9-16-8-17(16)25(18)30-26)23-15(2)4-5-21-20(23)11-29-31-21/h3-5,11,16-17H,1,6-9,12-14H2,2H3,(H,29,31)/t16-,17+/m1/s1. The number of nitrogens with one attached hydrogen (secondary N) is 1. The quantitative estimate of drug-likeness (QED) is 0.615. The molecule has 7 nitrogen and oxygen atoms in total. The molecular weight excluding hydrogens is 424 g/mol. The molecular formula is C27H26N6O. The van der Waals surface area contributed by atoms with E-state index in [4.69, 9.17) is 4.98 Å². The van der Waals surface area contributed by atoms with E-state index in [9.17, 15) is 10.1 Å². The minimum Gasteiger partial charge on any atom is -0.355 e. The van der Waals surface area contributed by atoms with Crippen LogP contribution in [-0.2, 0) is 11.2 Å². The summed E-state index contributed by atoms with van der Waals surface area (Å²) < 4.78 is 0. The fourth-order valence-electron chi connectivity index (χ4n) is 6.70. The van der Waals surface area contributed by atoms with Gasteiger partial charge in [-0.2, -0.15) is 10.4 Å². The maximum atomic E-state index is 12.0. The third kappa shape index (κ3) is 2.60. The summed E-state index contributed by atoms with van der Waals surface area (Å²) in [5.41, 5.74) is 7.57. The molecule has 2 atom stereocenters. The summed E-state index contributed by atoms with van der Waals surface area (Å²) in [6.07, 6.45) is 6.50. The second kappa shape index (κ2) is 6.69. The first kappa shape index (κ1) is 19.8. The SMILES string of the molecule is C=CC(=O)N1CC2(CCN(c3nc4c(c(-c5c(C)ccc6[nH]ncc56)c3C#N)C[C@H]3C[C@H]43)C2)C1. The van der Waals surface area contributed by atoms with E-state index in [1.165, 1.54) is 23.8 Å². The molecule has 2 aliphatic heterocycles. The van der Waals surface area contributed by atoms with E-state index in [1.54, 1.807) is 0 Å². The number of hydrogen-bond acceptors (Lipinski definition) is 5. The lowest BCUT2D eigenvalue weighted by Gasteiger charge is -2.47. The fourth-order valence-corrected chi connectivity index (χ4v) is 6.70. The van der Waals surface area contributed by atoms with Crippen molar-refractivity contribution in [2.45, 2.75) is 32.1 Å². The smallest absolute Gasteiger partial charge is 0.245 e. The van der Waals surface area contributed by atoms with Gasteiger partial charge in [-0.05, 0) is 60.9 Å². The lowest BCUT2D eigenvalue weighted by Crippen LogP contribution is -2.59. The number of aromatic amines is 1. The molecule has 2 aromatic heterocycles. The van der Waals surface area contributed by atoms with Gasteiger partial charge in [-0.15, -0.1) is 0 Å². The van der Waals surface area contributed by atoms with E-state index in [0.29, 0.717) is 17.4 Å². The molecule has 0 radical (unpaired) electrons. The summed E-state index contributed by atoms with van der Waals surface area (Å²) in [6, 6.07) is 6.74. The van der Waals surface area contributed by atoms with E-state index in [2.05, 4.69) is 46.8 Å². The summed E-state index contributed by atoms with van der Waals surface area (Å²) in [5.74, 6) is 2.03. The van der Waals surface area contributed by atoms with Gasteiger partial charge in [0.15, 0.2) is 0 Å². The molecule has 1 N–H and O–H groups in total. The fraction of sp³-hybridized carbons (Fsp3) is 0.407. The highest BCUT2D eigenvalue weighted by atomic mass is 16.2. The lowest BCUT2D eigenvalue weighted by molar-refractivity contribution is -0.136. The minimum atomic E-state index is 0.00295. The van der Waals surface area contributed by atoms with Crippen molar-refractivity contribution in [3.8, 4) is 17.2 Å². The van der Waals surface area contributed by atoms with Crippen molar-refractivity contribution in [2.75, 3.05) is 31.1 Å². The number of carbonyl (C=O) groups is 1. The van der Waals surface area contributed by atoms with Crippen molar-refractivity contribution in [1.29, 1.82) is 5.26 Å². The predicted octanol–water partition coefficient (Wildman–Crippen LogP) is 3.69. The van der Waals surface area contributed by atoms with Gasteiger partial charge in [-0.3, -0.25) is 9.89 Å². The molecule has 1 aromatic carbocycles. The van der Waals surface area contributed by atoms with Crippen LogP contribution in [0.4, 0.5) is 5.82 Å². The normalized spacial score (nSPS) is 23.5. The largest absolute Gasteiger partial charge is 0.355 e. The van der Waals surface area contributed by atoms with Crippen LogP contribution in [0.5, 0.6) is 0 Å². The Kier molecular flexibility index (Phi) is 3.89. The van der Waals surface area contributed by atoms with Gasteiger partial charge < -0.3 is 9.80 Å². The Labute approximate surface area is 198 Å². The number of amides is 1. The van der Waals surface area contributed by atoms with Gasteiger partial charge in [0.05, 0.1) is 17.4 Å². The van der Waals surface area contributed by atoms with Crippen molar-refractivity contribution in [2.24, 2.45) is 11.3 Å². The minimum absolute atomic E-state index is 0.00295. The highest BCUT2D eigenvalue weighted by Gasteiger charge is 2.51. The molecule has 4 aliphatic rings. The molecule has 0 bridgehead atoms. The molecule has 1 amide bonds. The number of aryl methyl sites for hydroxylation is 1. The number of hydrogen-bond donors (Lipinski definition) is 1. The van der Waals surface area contributed by atoms with Gasteiger partial charge in [0.2, 0.25) is 5.91 Å². The van der Waals surface area contributed by atoms with E-state index in [0.717, 1.165) is 72.4 Å². The number of nitriles is 1. The molecule has 170 valence electrons. The average Bonchev–Trinajstić information content (AvgIpc) is 3.18. The number of benzene rings is 1. The molecule has 3 fully saturated rings. The Morgan fingerprint density at radius 3 is 2.97 bits per heavy atom. The topological polar surface area (TPSA) is 88.9 Å². The highest BCUT2D eigenvalue weighted by Crippen LogP contribution is 2.59. The molecule has 2 saturated heterocycles. The van der Waals surface area contributed by atoms with Crippen LogP contribution in [-0.4, -0.2) is 52.2 Å². The number of rotatable bonds is 3. The Morgan fingerprint density at radius 2 is 2.18 bits per heavy atom. The molecule has 2 aliphatic carbocycles. The number of nitrogens with zero attached hydrogens (tertiary/aromatic N) is 5. The predicted molar refractivity (Wildman–Crippen MR) is 129 cm³/mol. The first-order valence-electron chi connectivity index (χ1n) is 12.1. The molecule has 34 heavy (non-hydrogen) atoms. The number of aromatic nitrogens is 3. The number of carbonyl (C=O) groups excluding carboxylic acids is 1. The third-order valence-corrected chi connectivity index (χ3v) is 8.52. The molecule has 1 saturated carbocycles. The van der Waals surface area contributed by atoms with Gasteiger partial charge in [-0.25, -0.2) is 4.98 Å². The number of pyridine rings is 1.